The number of imidazole rings is 1. The zero-order chi connectivity index (χ0) is 34.9. The molecular weight excluding hydrogens is 640 g/mol. The molecule has 13 heteroatoms. The second-order valence-electron chi connectivity index (χ2n) is 12.0. The quantitative estimate of drug-likeness (QED) is 0.286. The Balaban J connectivity index is 1.21. The lowest BCUT2D eigenvalue weighted by molar-refractivity contribution is -0.133. The number of amides is 3. The van der Waals surface area contributed by atoms with Crippen LogP contribution in [0.1, 0.15) is 29.6 Å². The summed E-state index contributed by atoms with van der Waals surface area (Å²) in [6.07, 6.45) is 5.34. The molecule has 5 aromatic rings. The van der Waals surface area contributed by atoms with Gasteiger partial charge in [-0.25, -0.2) is 9.78 Å². The SMILES string of the molecule is COc1ccc2cc1OCCCN(C(=O)Cn1c(=O)oc3ccccc31)CCCCN(C(=O)CNC(=O)c1ccccc1)CCn1ccnc1-2. The molecule has 2 aromatic heterocycles. The van der Waals surface area contributed by atoms with E-state index in [4.69, 9.17) is 13.9 Å². The Kier molecular flexibility index (Phi) is 10.9. The molecule has 3 heterocycles. The second kappa shape index (κ2) is 16.0. The number of hydrogen-bond acceptors (Lipinski definition) is 8. The van der Waals surface area contributed by atoms with E-state index in [1.54, 1.807) is 71.6 Å². The van der Waals surface area contributed by atoms with Crippen LogP contribution in [0, 0.1) is 0 Å². The molecule has 1 aliphatic rings. The van der Waals surface area contributed by atoms with Gasteiger partial charge in [0.25, 0.3) is 5.91 Å². The average molecular weight is 681 g/mol. The highest BCUT2D eigenvalue weighted by Gasteiger charge is 2.21. The van der Waals surface area contributed by atoms with E-state index in [1.165, 1.54) is 4.57 Å². The molecule has 1 N–H and O–H groups in total. The summed E-state index contributed by atoms with van der Waals surface area (Å²) in [5, 5.41) is 2.75. The average Bonchev–Trinajstić information content (AvgIpc) is 3.74. The molecule has 3 amide bonds. The van der Waals surface area contributed by atoms with Crippen molar-refractivity contribution in [2.75, 3.05) is 46.4 Å². The second-order valence-corrected chi connectivity index (χ2v) is 12.0. The normalized spacial score (nSPS) is 14.3. The summed E-state index contributed by atoms with van der Waals surface area (Å²) in [6.45, 7) is 2.09. The van der Waals surface area contributed by atoms with Crippen molar-refractivity contribution < 1.29 is 28.3 Å². The predicted octanol–water partition coefficient (Wildman–Crippen LogP) is 3.82. The molecule has 0 saturated carbocycles. The van der Waals surface area contributed by atoms with Gasteiger partial charge >= 0.3 is 5.76 Å². The number of nitrogens with zero attached hydrogens (tertiary/aromatic N) is 5. The van der Waals surface area contributed by atoms with Crippen LogP contribution < -0.4 is 20.5 Å². The molecule has 0 radical (unpaired) electrons. The molecule has 1 aliphatic heterocycles. The molecule has 13 nitrogen and oxygen atoms in total. The lowest BCUT2D eigenvalue weighted by Crippen LogP contribution is -2.42. The Bertz CT molecular complexity index is 2000. The fourth-order valence-corrected chi connectivity index (χ4v) is 6.03. The smallest absolute Gasteiger partial charge is 0.420 e. The Morgan fingerprint density at radius 1 is 0.860 bits per heavy atom. The van der Waals surface area contributed by atoms with Crippen molar-refractivity contribution in [3.05, 3.63) is 101 Å². The zero-order valence-electron chi connectivity index (χ0n) is 28.0. The Hall–Kier alpha value is -5.85. The zero-order valence-corrected chi connectivity index (χ0v) is 28.0. The Morgan fingerprint density at radius 2 is 1.60 bits per heavy atom. The van der Waals surface area contributed by atoms with Gasteiger partial charge in [-0.1, -0.05) is 30.3 Å². The van der Waals surface area contributed by atoms with Gasteiger partial charge in [0.1, 0.15) is 12.4 Å². The summed E-state index contributed by atoms with van der Waals surface area (Å²) in [4.78, 5) is 60.6. The van der Waals surface area contributed by atoms with E-state index < -0.39 is 5.76 Å². The van der Waals surface area contributed by atoms with Crippen molar-refractivity contribution in [2.45, 2.75) is 32.4 Å². The maximum absolute atomic E-state index is 13.7. The molecule has 0 unspecified atom stereocenters. The lowest BCUT2D eigenvalue weighted by Gasteiger charge is -2.26. The number of oxazole rings is 1. The van der Waals surface area contributed by atoms with E-state index in [-0.39, 0.29) is 30.8 Å². The van der Waals surface area contributed by atoms with Crippen LogP contribution in [0.5, 0.6) is 11.5 Å². The maximum Gasteiger partial charge on any atom is 0.420 e. The summed E-state index contributed by atoms with van der Waals surface area (Å²) in [5.74, 6) is 0.477. The highest BCUT2D eigenvalue weighted by molar-refractivity contribution is 5.96. The van der Waals surface area contributed by atoms with Crippen molar-refractivity contribution in [3.8, 4) is 22.9 Å². The van der Waals surface area contributed by atoms with Crippen LogP contribution in [0.25, 0.3) is 22.5 Å². The fraction of sp³-hybridized carbons (Fsp3) is 0.324. The first-order valence-corrected chi connectivity index (χ1v) is 16.7. The van der Waals surface area contributed by atoms with Gasteiger partial charge < -0.3 is 33.6 Å². The predicted molar refractivity (Wildman–Crippen MR) is 186 cm³/mol. The number of hydrogen-bond donors (Lipinski definition) is 1. The molecule has 0 fully saturated rings. The largest absolute Gasteiger partial charge is 0.493 e. The minimum absolute atomic E-state index is 0.151. The number of para-hydroxylation sites is 2. The summed E-state index contributed by atoms with van der Waals surface area (Å²) in [6, 6.07) is 21.4. The van der Waals surface area contributed by atoms with Gasteiger partial charge in [0.2, 0.25) is 11.8 Å². The van der Waals surface area contributed by atoms with Crippen LogP contribution in [0.2, 0.25) is 0 Å². The molecule has 3 aromatic carbocycles. The van der Waals surface area contributed by atoms with Gasteiger partial charge in [-0.15, -0.1) is 0 Å². The first-order chi connectivity index (χ1) is 24.4. The number of aromatic nitrogens is 3. The monoisotopic (exact) mass is 680 g/mol. The van der Waals surface area contributed by atoms with Crippen LogP contribution in [-0.4, -0.2) is 88.1 Å². The number of fused-ring (bicyclic) bond motifs is 5. The van der Waals surface area contributed by atoms with E-state index in [0.29, 0.717) is 92.6 Å². The number of carbonyl (C=O) groups excluding carboxylic acids is 3. The molecule has 50 heavy (non-hydrogen) atoms. The van der Waals surface area contributed by atoms with E-state index in [9.17, 15) is 19.2 Å². The Labute approximate surface area is 289 Å². The molecular formula is C37H40N6O7. The number of ether oxygens (including phenoxy) is 2. The minimum atomic E-state index is -0.589. The van der Waals surface area contributed by atoms with E-state index in [0.717, 1.165) is 5.56 Å². The maximum atomic E-state index is 13.7. The van der Waals surface area contributed by atoms with Crippen molar-refractivity contribution in [3.63, 3.8) is 0 Å². The van der Waals surface area contributed by atoms with Crippen LogP contribution in [0.4, 0.5) is 0 Å². The molecule has 2 bridgehead atoms. The van der Waals surface area contributed by atoms with Crippen LogP contribution in [-0.2, 0) is 22.7 Å². The fourth-order valence-electron chi connectivity index (χ4n) is 6.03. The van der Waals surface area contributed by atoms with Gasteiger partial charge in [-0.2, -0.15) is 0 Å². The number of methoxy groups -OCH3 is 1. The number of benzene rings is 3. The van der Waals surface area contributed by atoms with Crippen LogP contribution in [0.15, 0.2) is 94.4 Å². The van der Waals surface area contributed by atoms with Crippen molar-refractivity contribution >= 4 is 28.8 Å². The first kappa shape index (κ1) is 34.0. The van der Waals surface area contributed by atoms with Gasteiger partial charge in [0, 0.05) is 56.2 Å². The van der Waals surface area contributed by atoms with Gasteiger partial charge in [0.15, 0.2) is 17.1 Å². The third-order valence-electron chi connectivity index (χ3n) is 8.69. The highest BCUT2D eigenvalue weighted by Crippen LogP contribution is 2.32. The van der Waals surface area contributed by atoms with Crippen molar-refractivity contribution in [1.82, 2.24) is 29.2 Å². The number of carbonyl (C=O) groups is 3. The molecule has 0 spiro atoms. The van der Waals surface area contributed by atoms with Gasteiger partial charge in [0.05, 0.1) is 25.8 Å². The summed E-state index contributed by atoms with van der Waals surface area (Å²) in [5.41, 5.74) is 2.27. The van der Waals surface area contributed by atoms with E-state index in [2.05, 4.69) is 10.3 Å². The van der Waals surface area contributed by atoms with Crippen LogP contribution in [0.3, 0.4) is 0 Å². The molecule has 0 saturated heterocycles. The Morgan fingerprint density at radius 3 is 2.40 bits per heavy atom. The molecule has 0 atom stereocenters. The summed E-state index contributed by atoms with van der Waals surface area (Å²) >= 11 is 0. The molecule has 260 valence electrons. The number of nitrogens with one attached hydrogen (secondary N) is 1. The standard InChI is InChI=1S/C37H40N6O7/c1-48-31-15-14-28-24-32(31)49-23-9-19-40(34(45)26-43-29-12-5-6-13-30(29)50-37(43)47)17-7-8-18-41(21-22-42-20-16-38-35(28)42)33(44)25-39-36(46)27-10-3-2-4-11-27/h2-6,10-16,20,24H,7-9,17-19,21-23,25-26H2,1H3,(H,39,46). The van der Waals surface area contributed by atoms with E-state index >= 15 is 0 Å². The van der Waals surface area contributed by atoms with Gasteiger partial charge in [-0.05, 0) is 61.7 Å². The van der Waals surface area contributed by atoms with Crippen LogP contribution >= 0.6 is 0 Å². The first-order valence-electron chi connectivity index (χ1n) is 16.7. The molecule has 6 rings (SSSR count). The lowest BCUT2D eigenvalue weighted by atomic mass is 10.2. The van der Waals surface area contributed by atoms with Gasteiger partial charge in [-0.3, -0.25) is 19.0 Å². The van der Waals surface area contributed by atoms with Crippen molar-refractivity contribution in [2.24, 2.45) is 0 Å². The molecule has 0 aliphatic carbocycles. The summed E-state index contributed by atoms with van der Waals surface area (Å²) in [7, 11) is 1.58. The summed E-state index contributed by atoms with van der Waals surface area (Å²) < 4.78 is 20.4. The topological polar surface area (TPSA) is 141 Å². The third kappa shape index (κ3) is 8.05. The van der Waals surface area contributed by atoms with E-state index in [1.807, 2.05) is 35.0 Å². The third-order valence-corrected chi connectivity index (χ3v) is 8.69. The highest BCUT2D eigenvalue weighted by atomic mass is 16.5. The van der Waals surface area contributed by atoms with Crippen molar-refractivity contribution in [1.29, 1.82) is 0 Å². The minimum Gasteiger partial charge on any atom is -0.493 e. The number of rotatable bonds is 6.